The highest BCUT2D eigenvalue weighted by molar-refractivity contribution is 5.78. The molecule has 3 N–H and O–H groups in total. The van der Waals surface area contributed by atoms with Gasteiger partial charge in [-0.3, -0.25) is 4.79 Å². The number of allylic oxidation sites excluding steroid dienone is 2. The summed E-state index contributed by atoms with van der Waals surface area (Å²) in [6.07, 6.45) is 2.19. The number of aromatic nitrogens is 1. The molecule has 0 bridgehead atoms. The zero-order chi connectivity index (χ0) is 17.1. The van der Waals surface area contributed by atoms with E-state index < -0.39 is 0 Å². The number of hydrogen-bond donors (Lipinski definition) is 2. The number of carbonyl (C=O) groups excluding carboxylic acids is 1. The first-order chi connectivity index (χ1) is 10.8. The zero-order valence-corrected chi connectivity index (χ0v) is 14.8. The number of pyridine rings is 1. The van der Waals surface area contributed by atoms with Crippen molar-refractivity contribution in [1.29, 1.82) is 0 Å². The minimum Gasteiger partial charge on any atom is -0.383 e. The Hall–Kier alpha value is -2.04. The first-order valence-corrected chi connectivity index (χ1v) is 8.33. The molecular formula is C18H28N4O. The molecule has 1 aliphatic rings. The molecule has 2 heterocycles. The maximum absolute atomic E-state index is 12.1. The Kier molecular flexibility index (Phi) is 5.29. The molecule has 23 heavy (non-hydrogen) atoms. The summed E-state index contributed by atoms with van der Waals surface area (Å²) in [6, 6.07) is 3.99. The van der Waals surface area contributed by atoms with E-state index >= 15 is 0 Å². The van der Waals surface area contributed by atoms with Crippen LogP contribution in [0.2, 0.25) is 0 Å². The molecule has 2 rings (SSSR count). The third-order valence-corrected chi connectivity index (χ3v) is 4.35. The van der Waals surface area contributed by atoms with Gasteiger partial charge in [-0.15, -0.1) is 0 Å². The van der Waals surface area contributed by atoms with Gasteiger partial charge in [-0.25, -0.2) is 4.98 Å². The van der Waals surface area contributed by atoms with Crippen LogP contribution in [0, 0.1) is 11.8 Å². The van der Waals surface area contributed by atoms with Crippen molar-refractivity contribution in [3.63, 3.8) is 0 Å². The Balaban J connectivity index is 2.51. The van der Waals surface area contributed by atoms with Gasteiger partial charge in [0.25, 0.3) is 0 Å². The van der Waals surface area contributed by atoms with Crippen molar-refractivity contribution in [2.75, 3.05) is 12.3 Å². The van der Waals surface area contributed by atoms with Crippen LogP contribution < -0.4 is 11.1 Å². The number of nitrogens with one attached hydrogen (secondary N) is 1. The van der Waals surface area contributed by atoms with Gasteiger partial charge in [0.15, 0.2) is 0 Å². The normalized spacial score (nSPS) is 17.5. The molecule has 0 radical (unpaired) electrons. The number of anilines is 1. The molecule has 0 fully saturated rings. The number of amides is 1. The fraction of sp³-hybridized carbons (Fsp3) is 0.556. The molecule has 1 aromatic rings. The summed E-state index contributed by atoms with van der Waals surface area (Å²) in [5.74, 6) is 1.21. The van der Waals surface area contributed by atoms with E-state index in [0.717, 1.165) is 11.3 Å². The molecule has 0 aromatic carbocycles. The summed E-state index contributed by atoms with van der Waals surface area (Å²) >= 11 is 0. The molecule has 0 aliphatic carbocycles. The number of hydrogen-bond acceptors (Lipinski definition) is 4. The van der Waals surface area contributed by atoms with Crippen LogP contribution in [0.4, 0.5) is 5.82 Å². The Bertz CT molecular complexity index is 607. The van der Waals surface area contributed by atoms with Gasteiger partial charge >= 0.3 is 0 Å². The van der Waals surface area contributed by atoms with Crippen LogP contribution in [-0.2, 0) is 4.79 Å². The van der Waals surface area contributed by atoms with Gasteiger partial charge in [0.05, 0.1) is 6.04 Å². The predicted octanol–water partition coefficient (Wildman–Crippen LogP) is 3.07. The van der Waals surface area contributed by atoms with Gasteiger partial charge < -0.3 is 16.0 Å². The van der Waals surface area contributed by atoms with E-state index in [4.69, 9.17) is 5.73 Å². The molecule has 1 aliphatic heterocycles. The molecule has 1 amide bonds. The highest BCUT2D eigenvalue weighted by Gasteiger charge is 2.29. The van der Waals surface area contributed by atoms with Gasteiger partial charge in [0.2, 0.25) is 5.91 Å². The van der Waals surface area contributed by atoms with Gasteiger partial charge in [0, 0.05) is 36.1 Å². The van der Waals surface area contributed by atoms with E-state index in [2.05, 4.69) is 49.8 Å². The first kappa shape index (κ1) is 17.3. The fourth-order valence-electron chi connectivity index (χ4n) is 3.21. The number of nitrogens with zero attached hydrogens (tertiary/aromatic N) is 2. The van der Waals surface area contributed by atoms with E-state index in [9.17, 15) is 4.79 Å². The van der Waals surface area contributed by atoms with Crippen molar-refractivity contribution in [2.24, 2.45) is 11.8 Å². The Morgan fingerprint density at radius 1 is 1.22 bits per heavy atom. The van der Waals surface area contributed by atoms with Crippen molar-refractivity contribution in [3.8, 4) is 0 Å². The Labute approximate surface area is 139 Å². The fourth-order valence-corrected chi connectivity index (χ4v) is 3.21. The van der Waals surface area contributed by atoms with Crippen molar-refractivity contribution >= 4 is 11.7 Å². The molecule has 0 saturated heterocycles. The van der Waals surface area contributed by atoms with E-state index in [1.54, 1.807) is 6.20 Å². The summed E-state index contributed by atoms with van der Waals surface area (Å²) < 4.78 is 0. The molecule has 1 atom stereocenters. The quantitative estimate of drug-likeness (QED) is 0.895. The lowest BCUT2D eigenvalue weighted by atomic mass is 9.97. The van der Waals surface area contributed by atoms with Crippen LogP contribution in [0.3, 0.4) is 0 Å². The molecule has 1 aromatic heterocycles. The predicted molar refractivity (Wildman–Crippen MR) is 93.2 cm³/mol. The summed E-state index contributed by atoms with van der Waals surface area (Å²) in [5, 5.41) is 3.11. The molecular weight excluding hydrogens is 288 g/mol. The average molecular weight is 316 g/mol. The summed E-state index contributed by atoms with van der Waals surface area (Å²) in [6.45, 7) is 11.4. The Morgan fingerprint density at radius 2 is 1.91 bits per heavy atom. The number of carbonyl (C=O) groups is 1. The molecule has 0 saturated carbocycles. The maximum Gasteiger partial charge on any atom is 0.225 e. The van der Waals surface area contributed by atoms with Gasteiger partial charge in [-0.05, 0) is 24.8 Å². The SMILES string of the molecule is CC(C)C1=C(C(C)C)N(C(C)c2cccnc2N)CCC(=O)N1. The lowest BCUT2D eigenvalue weighted by Crippen LogP contribution is -2.32. The lowest BCUT2D eigenvalue weighted by molar-refractivity contribution is -0.120. The smallest absolute Gasteiger partial charge is 0.225 e. The molecule has 5 heteroatoms. The summed E-state index contributed by atoms with van der Waals surface area (Å²) in [7, 11) is 0. The first-order valence-electron chi connectivity index (χ1n) is 8.33. The third-order valence-electron chi connectivity index (χ3n) is 4.35. The van der Waals surface area contributed by atoms with Crippen LogP contribution in [0.5, 0.6) is 0 Å². The van der Waals surface area contributed by atoms with E-state index in [1.807, 2.05) is 12.1 Å². The number of rotatable bonds is 4. The monoisotopic (exact) mass is 316 g/mol. The van der Waals surface area contributed by atoms with Gasteiger partial charge in [-0.2, -0.15) is 0 Å². The molecule has 0 spiro atoms. The van der Waals surface area contributed by atoms with Crippen molar-refractivity contribution < 1.29 is 4.79 Å². The van der Waals surface area contributed by atoms with Crippen LogP contribution in [-0.4, -0.2) is 22.3 Å². The highest BCUT2D eigenvalue weighted by atomic mass is 16.1. The van der Waals surface area contributed by atoms with Crippen molar-refractivity contribution in [1.82, 2.24) is 15.2 Å². The average Bonchev–Trinajstić information content (AvgIpc) is 2.66. The molecule has 1 unspecified atom stereocenters. The Morgan fingerprint density at radius 3 is 2.48 bits per heavy atom. The van der Waals surface area contributed by atoms with Crippen molar-refractivity contribution in [3.05, 3.63) is 35.3 Å². The van der Waals surface area contributed by atoms with E-state index in [-0.39, 0.29) is 17.9 Å². The standard InChI is InChI=1S/C18H28N4O/c1-11(2)16-17(12(3)4)22(10-8-15(23)21-16)13(5)14-7-6-9-20-18(14)19/h6-7,9,11-13H,8,10H2,1-5H3,(H2,19,20)(H,21,23). The van der Waals surface area contributed by atoms with E-state index in [1.165, 1.54) is 5.70 Å². The zero-order valence-electron chi connectivity index (χ0n) is 14.8. The minimum atomic E-state index is 0.0718. The lowest BCUT2D eigenvalue weighted by Gasteiger charge is -2.36. The van der Waals surface area contributed by atoms with Crippen LogP contribution in [0.1, 0.15) is 52.6 Å². The molecule has 126 valence electrons. The van der Waals surface area contributed by atoms with E-state index in [0.29, 0.717) is 24.7 Å². The topological polar surface area (TPSA) is 71.2 Å². The second-order valence-electron chi connectivity index (χ2n) is 6.75. The van der Waals surface area contributed by atoms with Crippen LogP contribution >= 0.6 is 0 Å². The second-order valence-corrected chi connectivity index (χ2v) is 6.75. The second kappa shape index (κ2) is 7.02. The molecule has 5 nitrogen and oxygen atoms in total. The van der Waals surface area contributed by atoms with Crippen LogP contribution in [0.25, 0.3) is 0 Å². The largest absolute Gasteiger partial charge is 0.383 e. The van der Waals surface area contributed by atoms with Crippen LogP contribution in [0.15, 0.2) is 29.7 Å². The highest BCUT2D eigenvalue weighted by Crippen LogP contribution is 2.34. The maximum atomic E-state index is 12.1. The summed E-state index contributed by atoms with van der Waals surface area (Å²) in [5.41, 5.74) is 9.30. The minimum absolute atomic E-state index is 0.0718. The number of nitrogen functional groups attached to an aromatic ring is 1. The number of nitrogens with two attached hydrogens (primary N) is 1. The van der Waals surface area contributed by atoms with Crippen molar-refractivity contribution in [2.45, 2.75) is 47.1 Å². The van der Waals surface area contributed by atoms with Gasteiger partial charge in [-0.1, -0.05) is 33.8 Å². The summed E-state index contributed by atoms with van der Waals surface area (Å²) in [4.78, 5) is 18.6. The van der Waals surface area contributed by atoms with Gasteiger partial charge in [0.1, 0.15) is 5.82 Å². The third kappa shape index (κ3) is 3.66.